The molecule has 1 aromatic rings. The predicted octanol–water partition coefficient (Wildman–Crippen LogP) is 2.93. The largest absolute Gasteiger partial charge is 0.348 e. The monoisotopic (exact) mass is 241 g/mol. The van der Waals surface area contributed by atoms with Gasteiger partial charge in [0.05, 0.1) is 9.21 Å². The van der Waals surface area contributed by atoms with Crippen LogP contribution < -0.4 is 5.32 Å². The van der Waals surface area contributed by atoms with Crippen LogP contribution in [0, 0.1) is 12.3 Å². The van der Waals surface area contributed by atoms with E-state index >= 15 is 0 Å². The first-order valence-corrected chi connectivity index (χ1v) is 5.86. The van der Waals surface area contributed by atoms with Crippen LogP contribution >= 0.6 is 22.9 Å². The Balaban J connectivity index is 2.59. The van der Waals surface area contributed by atoms with E-state index in [2.05, 4.69) is 11.2 Å². The number of thiophene rings is 1. The number of carbonyl (C=O) groups excluding carboxylic acids is 1. The number of halogens is 1. The summed E-state index contributed by atoms with van der Waals surface area (Å²) in [4.78, 5) is 12.3. The topological polar surface area (TPSA) is 29.1 Å². The summed E-state index contributed by atoms with van der Waals surface area (Å²) in [5.41, 5.74) is 0. The summed E-state index contributed by atoms with van der Waals surface area (Å²) < 4.78 is 0.616. The highest BCUT2D eigenvalue weighted by Gasteiger charge is 2.12. The lowest BCUT2D eigenvalue weighted by Gasteiger charge is -2.12. The minimum atomic E-state index is -0.103. The van der Waals surface area contributed by atoms with Gasteiger partial charge in [-0.1, -0.05) is 18.5 Å². The minimum Gasteiger partial charge on any atom is -0.348 e. The van der Waals surface area contributed by atoms with Crippen LogP contribution in [-0.2, 0) is 0 Å². The third-order valence-corrected chi connectivity index (χ3v) is 3.22. The van der Waals surface area contributed by atoms with E-state index in [-0.39, 0.29) is 11.9 Å². The van der Waals surface area contributed by atoms with Gasteiger partial charge in [0.2, 0.25) is 0 Å². The molecule has 1 N–H and O–H groups in total. The van der Waals surface area contributed by atoms with Gasteiger partial charge in [0.25, 0.3) is 5.91 Å². The third-order valence-electron chi connectivity index (χ3n) is 1.99. The fraction of sp³-hybridized carbons (Fsp3) is 0.364. The Morgan fingerprint density at radius 2 is 2.47 bits per heavy atom. The van der Waals surface area contributed by atoms with Crippen molar-refractivity contribution in [3.63, 3.8) is 0 Å². The van der Waals surface area contributed by atoms with E-state index in [0.29, 0.717) is 15.6 Å². The lowest BCUT2D eigenvalue weighted by atomic mass is 10.1. The van der Waals surface area contributed by atoms with Crippen molar-refractivity contribution in [2.45, 2.75) is 25.8 Å². The molecular formula is C11H12ClNOS. The molecule has 0 bridgehead atoms. The summed E-state index contributed by atoms with van der Waals surface area (Å²) in [6.07, 6.45) is 6.59. The Morgan fingerprint density at radius 3 is 2.93 bits per heavy atom. The summed E-state index contributed by atoms with van der Waals surface area (Å²) in [5, 5.41) is 2.87. The molecule has 0 saturated heterocycles. The lowest BCUT2D eigenvalue weighted by Crippen LogP contribution is -2.33. The molecule has 0 fully saturated rings. The number of nitrogens with one attached hydrogen (secondary N) is 1. The SMILES string of the molecule is C#CCC(CC)NC(=O)c1ccc(Cl)s1. The summed E-state index contributed by atoms with van der Waals surface area (Å²) in [5.74, 6) is 2.44. The fourth-order valence-corrected chi connectivity index (χ4v) is 2.08. The number of hydrogen-bond donors (Lipinski definition) is 1. The van der Waals surface area contributed by atoms with E-state index in [1.165, 1.54) is 11.3 Å². The van der Waals surface area contributed by atoms with Crippen LogP contribution in [-0.4, -0.2) is 11.9 Å². The van der Waals surface area contributed by atoms with Crippen molar-refractivity contribution < 1.29 is 4.79 Å². The van der Waals surface area contributed by atoms with Crippen LogP contribution in [0.2, 0.25) is 4.34 Å². The molecule has 1 rings (SSSR count). The van der Waals surface area contributed by atoms with Gasteiger partial charge in [0.15, 0.2) is 0 Å². The molecule has 1 atom stereocenters. The van der Waals surface area contributed by atoms with E-state index in [0.717, 1.165) is 6.42 Å². The molecule has 0 aliphatic carbocycles. The van der Waals surface area contributed by atoms with E-state index < -0.39 is 0 Å². The van der Waals surface area contributed by atoms with Gasteiger partial charge >= 0.3 is 0 Å². The molecular weight excluding hydrogens is 230 g/mol. The standard InChI is InChI=1S/C11H12ClNOS/c1-3-5-8(4-2)13-11(14)9-6-7-10(12)15-9/h1,6-8H,4-5H2,2H3,(H,13,14). The number of amides is 1. The first-order valence-electron chi connectivity index (χ1n) is 4.67. The highest BCUT2D eigenvalue weighted by Crippen LogP contribution is 2.21. The van der Waals surface area contributed by atoms with Crippen molar-refractivity contribution in [1.82, 2.24) is 5.32 Å². The predicted molar refractivity (Wildman–Crippen MR) is 64.3 cm³/mol. The van der Waals surface area contributed by atoms with Crippen LogP contribution in [0.3, 0.4) is 0 Å². The molecule has 15 heavy (non-hydrogen) atoms. The van der Waals surface area contributed by atoms with Crippen molar-refractivity contribution >= 4 is 28.8 Å². The molecule has 0 radical (unpaired) electrons. The van der Waals surface area contributed by atoms with E-state index in [1.54, 1.807) is 12.1 Å². The van der Waals surface area contributed by atoms with Crippen molar-refractivity contribution in [3.8, 4) is 12.3 Å². The average molecular weight is 242 g/mol. The second kappa shape index (κ2) is 5.79. The van der Waals surface area contributed by atoms with Crippen molar-refractivity contribution in [2.75, 3.05) is 0 Å². The smallest absolute Gasteiger partial charge is 0.261 e. The van der Waals surface area contributed by atoms with Gasteiger partial charge < -0.3 is 5.32 Å². The molecule has 80 valence electrons. The zero-order valence-corrected chi connectivity index (χ0v) is 9.99. The zero-order valence-electron chi connectivity index (χ0n) is 8.42. The van der Waals surface area contributed by atoms with E-state index in [1.807, 2.05) is 6.92 Å². The Labute approximate surface area is 98.6 Å². The number of hydrogen-bond acceptors (Lipinski definition) is 2. The van der Waals surface area contributed by atoms with Gasteiger partial charge in [-0.25, -0.2) is 0 Å². The van der Waals surface area contributed by atoms with Gasteiger partial charge in [-0.3, -0.25) is 4.79 Å². The highest BCUT2D eigenvalue weighted by atomic mass is 35.5. The quantitative estimate of drug-likeness (QED) is 0.807. The summed E-state index contributed by atoms with van der Waals surface area (Å²) in [7, 11) is 0. The Hall–Kier alpha value is -0.980. The molecule has 0 saturated carbocycles. The molecule has 0 aromatic carbocycles. The van der Waals surface area contributed by atoms with Crippen LogP contribution in [0.25, 0.3) is 0 Å². The first-order chi connectivity index (χ1) is 7.17. The Morgan fingerprint density at radius 1 is 1.73 bits per heavy atom. The second-order valence-corrected chi connectivity index (χ2v) is 4.81. The molecule has 0 aliphatic rings. The van der Waals surface area contributed by atoms with Gasteiger partial charge in [-0.05, 0) is 18.6 Å². The number of rotatable bonds is 4. The summed E-state index contributed by atoms with van der Waals surface area (Å²) >= 11 is 7.01. The maximum absolute atomic E-state index is 11.7. The van der Waals surface area contributed by atoms with Crippen molar-refractivity contribution in [3.05, 3.63) is 21.3 Å². The Kier molecular flexibility index (Phi) is 4.67. The van der Waals surface area contributed by atoms with Gasteiger partial charge in [0, 0.05) is 12.5 Å². The fourth-order valence-electron chi connectivity index (χ4n) is 1.13. The van der Waals surface area contributed by atoms with Gasteiger partial charge in [0.1, 0.15) is 0 Å². The second-order valence-electron chi connectivity index (χ2n) is 3.09. The molecule has 2 nitrogen and oxygen atoms in total. The third kappa shape index (κ3) is 3.58. The van der Waals surface area contributed by atoms with E-state index in [9.17, 15) is 4.79 Å². The first kappa shape index (κ1) is 12.1. The molecule has 1 heterocycles. The molecule has 0 spiro atoms. The highest BCUT2D eigenvalue weighted by molar-refractivity contribution is 7.17. The maximum atomic E-state index is 11.7. The van der Waals surface area contributed by atoms with Crippen LogP contribution in [0.5, 0.6) is 0 Å². The van der Waals surface area contributed by atoms with Gasteiger partial charge in [-0.15, -0.1) is 23.7 Å². The zero-order chi connectivity index (χ0) is 11.3. The molecule has 0 aliphatic heterocycles. The van der Waals surface area contributed by atoms with Crippen LogP contribution in [0.15, 0.2) is 12.1 Å². The van der Waals surface area contributed by atoms with Crippen LogP contribution in [0.1, 0.15) is 29.4 Å². The van der Waals surface area contributed by atoms with Crippen LogP contribution in [0.4, 0.5) is 0 Å². The number of terminal acetylenes is 1. The van der Waals surface area contributed by atoms with Crippen molar-refractivity contribution in [1.29, 1.82) is 0 Å². The molecule has 1 amide bonds. The molecule has 1 unspecified atom stereocenters. The normalized spacial score (nSPS) is 11.8. The van der Waals surface area contributed by atoms with E-state index in [4.69, 9.17) is 18.0 Å². The maximum Gasteiger partial charge on any atom is 0.261 e. The average Bonchev–Trinajstić information content (AvgIpc) is 2.64. The minimum absolute atomic E-state index is 0.0448. The summed E-state index contributed by atoms with van der Waals surface area (Å²) in [6, 6.07) is 3.47. The lowest BCUT2D eigenvalue weighted by molar-refractivity contribution is 0.0941. The van der Waals surface area contributed by atoms with Gasteiger partial charge in [-0.2, -0.15) is 0 Å². The summed E-state index contributed by atoms with van der Waals surface area (Å²) in [6.45, 7) is 1.99. The molecule has 1 aromatic heterocycles. The Bertz CT molecular complexity index is 380. The molecule has 4 heteroatoms. The number of carbonyl (C=O) groups is 1. The van der Waals surface area contributed by atoms with Crippen molar-refractivity contribution in [2.24, 2.45) is 0 Å².